The number of hydrogen-bond donors (Lipinski definition) is 0. The van der Waals surface area contributed by atoms with Crippen LogP contribution in [0.2, 0.25) is 0 Å². The van der Waals surface area contributed by atoms with Gasteiger partial charge >= 0.3 is 5.97 Å². The normalized spacial score (nSPS) is 20.9. The van der Waals surface area contributed by atoms with Gasteiger partial charge in [0.2, 0.25) is 0 Å². The van der Waals surface area contributed by atoms with E-state index in [2.05, 4.69) is 66.7 Å². The number of carbonyl (C=O) groups excluding carboxylic acids is 1. The van der Waals surface area contributed by atoms with Gasteiger partial charge in [0.1, 0.15) is 15.9 Å². The highest BCUT2D eigenvalue weighted by atomic mass is 32.2. The van der Waals surface area contributed by atoms with Crippen LogP contribution in [0, 0.1) is 5.92 Å². The van der Waals surface area contributed by atoms with E-state index in [1.54, 1.807) is 0 Å². The second-order valence-electron chi connectivity index (χ2n) is 11.6. The summed E-state index contributed by atoms with van der Waals surface area (Å²) in [6.07, 6.45) is 3.37. The third-order valence-electron chi connectivity index (χ3n) is 9.50. The first kappa shape index (κ1) is 24.8. The Labute approximate surface area is 238 Å². The maximum atomic E-state index is 14.1. The molecule has 2 bridgehead atoms. The fourth-order valence-corrected chi connectivity index (χ4v) is 8.61. The second-order valence-corrected chi connectivity index (χ2v) is 12.9. The molecule has 0 aliphatic heterocycles. The standard InChI is InChI=1S/C35H28O5S/c36-35(40-30-17-18-31(41(37,38)39)25-12-6-5-11-24(25)30)29-19-28-26-15-13-21-8-2-4-10-23(21)33(26)34(29)27-16-14-20-7-1-3-9-22(20)32(27)28/h1-4,7-10,13-18,28-29,34H,5-6,11-12,19H2,(H,37,38,39)/p-1. The van der Waals surface area contributed by atoms with Crippen LogP contribution in [0.3, 0.4) is 0 Å². The smallest absolute Gasteiger partial charge is 0.315 e. The molecule has 4 aliphatic carbocycles. The van der Waals surface area contributed by atoms with Crippen molar-refractivity contribution < 1.29 is 22.5 Å². The molecule has 5 nitrogen and oxygen atoms in total. The molecule has 6 heteroatoms. The van der Waals surface area contributed by atoms with E-state index >= 15 is 0 Å². The van der Waals surface area contributed by atoms with Crippen molar-refractivity contribution in [2.24, 2.45) is 5.92 Å². The highest BCUT2D eigenvalue weighted by Gasteiger charge is 2.48. The molecule has 5 aromatic carbocycles. The zero-order valence-electron chi connectivity index (χ0n) is 22.3. The van der Waals surface area contributed by atoms with Crippen LogP contribution < -0.4 is 4.74 Å². The first-order valence-electron chi connectivity index (χ1n) is 14.3. The Morgan fingerprint density at radius 2 is 1.37 bits per heavy atom. The minimum atomic E-state index is -4.61. The summed E-state index contributed by atoms with van der Waals surface area (Å²) in [4.78, 5) is 14.0. The molecule has 0 heterocycles. The molecule has 0 spiro atoms. The van der Waals surface area contributed by atoms with Gasteiger partial charge in [-0.1, -0.05) is 72.8 Å². The monoisotopic (exact) mass is 559 g/mol. The summed E-state index contributed by atoms with van der Waals surface area (Å²) in [6.45, 7) is 0. The molecule has 204 valence electrons. The fourth-order valence-electron chi connectivity index (χ4n) is 7.85. The van der Waals surface area contributed by atoms with Crippen LogP contribution in [0.1, 0.15) is 64.5 Å². The Hall–Kier alpha value is -4.00. The predicted molar refractivity (Wildman–Crippen MR) is 156 cm³/mol. The van der Waals surface area contributed by atoms with Crippen molar-refractivity contribution in [3.8, 4) is 5.75 Å². The number of ether oxygens (including phenoxy) is 1. The fraction of sp³-hybridized carbons (Fsp3) is 0.229. The summed E-state index contributed by atoms with van der Waals surface area (Å²) in [5.74, 6) is -0.419. The molecule has 0 aromatic heterocycles. The topological polar surface area (TPSA) is 83.5 Å². The first-order valence-corrected chi connectivity index (χ1v) is 15.7. The SMILES string of the molecule is O=C(Oc1ccc(S(=O)(=O)[O-])c2c1CCCC2)C1CC2c3ccc4ccccc4c3C1c1ccc3ccccc3c12. The van der Waals surface area contributed by atoms with Crippen molar-refractivity contribution in [1.29, 1.82) is 0 Å². The van der Waals surface area contributed by atoms with Gasteiger partial charge in [0.15, 0.2) is 0 Å². The Balaban J connectivity index is 1.27. The summed E-state index contributed by atoms with van der Waals surface area (Å²) in [5.41, 5.74) is 6.17. The number of rotatable bonds is 3. The Morgan fingerprint density at radius 3 is 2.07 bits per heavy atom. The maximum Gasteiger partial charge on any atom is 0.315 e. The summed E-state index contributed by atoms with van der Waals surface area (Å²) < 4.78 is 42.0. The Kier molecular flexibility index (Phi) is 5.44. The lowest BCUT2D eigenvalue weighted by molar-refractivity contribution is -0.140. The molecule has 4 aliphatic rings. The highest BCUT2D eigenvalue weighted by Crippen LogP contribution is 2.58. The van der Waals surface area contributed by atoms with Gasteiger partial charge < -0.3 is 9.29 Å². The van der Waals surface area contributed by atoms with Crippen LogP contribution in [0.4, 0.5) is 0 Å². The van der Waals surface area contributed by atoms with Gasteiger partial charge in [0.25, 0.3) is 0 Å². The summed E-state index contributed by atoms with van der Waals surface area (Å²) in [6, 6.07) is 28.4. The number of hydrogen-bond acceptors (Lipinski definition) is 5. The summed E-state index contributed by atoms with van der Waals surface area (Å²) in [5, 5.41) is 4.74. The van der Waals surface area contributed by atoms with Gasteiger partial charge in [0, 0.05) is 11.8 Å². The van der Waals surface area contributed by atoms with E-state index in [1.165, 1.54) is 50.5 Å². The molecule has 0 saturated heterocycles. The van der Waals surface area contributed by atoms with E-state index in [0.717, 1.165) is 18.2 Å². The number of esters is 1. The minimum Gasteiger partial charge on any atom is -0.744 e. The van der Waals surface area contributed by atoms with Crippen LogP contribution in [0.15, 0.2) is 89.8 Å². The molecule has 9 rings (SSSR count). The molecular formula is C35H27O5S-. The third kappa shape index (κ3) is 3.70. The van der Waals surface area contributed by atoms with Crippen molar-refractivity contribution in [2.75, 3.05) is 0 Å². The van der Waals surface area contributed by atoms with E-state index in [1.807, 2.05) is 6.07 Å². The van der Waals surface area contributed by atoms with Gasteiger partial charge in [0.05, 0.1) is 10.8 Å². The van der Waals surface area contributed by atoms with E-state index in [-0.39, 0.29) is 22.7 Å². The third-order valence-corrected chi connectivity index (χ3v) is 10.4. The van der Waals surface area contributed by atoms with E-state index in [0.29, 0.717) is 36.1 Å². The average molecular weight is 560 g/mol. The lowest BCUT2D eigenvalue weighted by atomic mass is 9.57. The van der Waals surface area contributed by atoms with E-state index in [9.17, 15) is 17.8 Å². The molecule has 0 saturated carbocycles. The zero-order valence-corrected chi connectivity index (χ0v) is 23.1. The summed E-state index contributed by atoms with van der Waals surface area (Å²) >= 11 is 0. The lowest BCUT2D eigenvalue weighted by Crippen LogP contribution is -2.38. The Morgan fingerprint density at radius 1 is 0.732 bits per heavy atom. The van der Waals surface area contributed by atoms with Crippen molar-refractivity contribution in [3.05, 3.63) is 118 Å². The molecular weight excluding hydrogens is 532 g/mol. The molecule has 0 radical (unpaired) electrons. The van der Waals surface area contributed by atoms with Gasteiger partial charge in [-0.25, -0.2) is 8.42 Å². The minimum absolute atomic E-state index is 0.0557. The lowest BCUT2D eigenvalue weighted by Gasteiger charge is -2.45. The van der Waals surface area contributed by atoms with Crippen molar-refractivity contribution >= 4 is 37.6 Å². The van der Waals surface area contributed by atoms with Crippen LogP contribution in [0.25, 0.3) is 21.5 Å². The largest absolute Gasteiger partial charge is 0.744 e. The average Bonchev–Trinajstić information content (AvgIpc) is 3.00. The van der Waals surface area contributed by atoms with Gasteiger partial charge in [-0.05, 0) is 99.2 Å². The first-order chi connectivity index (χ1) is 19.9. The second kappa shape index (κ2) is 9.00. The maximum absolute atomic E-state index is 14.1. The molecule has 0 fully saturated rings. The van der Waals surface area contributed by atoms with E-state index < -0.39 is 16.0 Å². The number of benzene rings is 5. The van der Waals surface area contributed by atoms with Crippen molar-refractivity contribution in [3.63, 3.8) is 0 Å². The number of fused-ring (bicyclic) bond motifs is 4. The van der Waals surface area contributed by atoms with Crippen molar-refractivity contribution in [2.45, 2.75) is 48.8 Å². The van der Waals surface area contributed by atoms with Crippen LogP contribution in [0.5, 0.6) is 5.75 Å². The molecule has 3 unspecified atom stereocenters. The van der Waals surface area contributed by atoms with Gasteiger partial charge in [-0.2, -0.15) is 0 Å². The molecule has 0 amide bonds. The van der Waals surface area contributed by atoms with E-state index in [4.69, 9.17) is 4.74 Å². The van der Waals surface area contributed by atoms with Gasteiger partial charge in [-0.15, -0.1) is 0 Å². The molecule has 5 aromatic rings. The zero-order chi connectivity index (χ0) is 27.9. The van der Waals surface area contributed by atoms with Crippen LogP contribution in [-0.4, -0.2) is 18.9 Å². The van der Waals surface area contributed by atoms with Crippen molar-refractivity contribution in [1.82, 2.24) is 0 Å². The quantitative estimate of drug-likeness (QED) is 0.135. The predicted octanol–water partition coefficient (Wildman–Crippen LogP) is 6.98. The molecule has 0 N–H and O–H groups in total. The van der Waals surface area contributed by atoms with Crippen LogP contribution in [-0.2, 0) is 27.8 Å². The summed E-state index contributed by atoms with van der Waals surface area (Å²) in [7, 11) is -4.61. The number of carbonyl (C=O) groups is 1. The van der Waals surface area contributed by atoms with Crippen LogP contribution >= 0.6 is 0 Å². The molecule has 41 heavy (non-hydrogen) atoms. The molecule has 3 atom stereocenters. The van der Waals surface area contributed by atoms with Gasteiger partial charge in [-0.3, -0.25) is 4.79 Å². The highest BCUT2D eigenvalue weighted by molar-refractivity contribution is 7.85. The Bertz CT molecular complexity index is 2030.